The Morgan fingerprint density at radius 3 is 2.72 bits per heavy atom. The number of carbonyl (C=O) groups is 2. The molecular weight excluding hydrogens is 230 g/mol. The third kappa shape index (κ3) is 4.02. The second-order valence-electron chi connectivity index (χ2n) is 4.53. The molecule has 1 heterocycles. The summed E-state index contributed by atoms with van der Waals surface area (Å²) in [6, 6.07) is -0.0278. The normalized spacial score (nSPS) is 20.4. The maximum absolute atomic E-state index is 11.9. The minimum atomic E-state index is -0.327. The van der Waals surface area contributed by atoms with Gasteiger partial charge < -0.3 is 9.64 Å². The van der Waals surface area contributed by atoms with E-state index in [1.807, 2.05) is 6.08 Å². The number of amides is 1. The molecule has 1 atom stereocenters. The molecule has 1 aliphatic rings. The third-order valence-corrected chi connectivity index (χ3v) is 3.11. The van der Waals surface area contributed by atoms with Gasteiger partial charge >= 0.3 is 6.09 Å². The maximum Gasteiger partial charge on any atom is 0.410 e. The molecule has 18 heavy (non-hydrogen) atoms. The van der Waals surface area contributed by atoms with E-state index in [0.717, 1.165) is 19.3 Å². The van der Waals surface area contributed by atoms with Crippen molar-refractivity contribution < 1.29 is 14.3 Å². The van der Waals surface area contributed by atoms with Crippen LogP contribution in [-0.2, 0) is 9.53 Å². The van der Waals surface area contributed by atoms with Crippen LogP contribution in [0.4, 0.5) is 4.79 Å². The molecular formula is C14H21NO3. The van der Waals surface area contributed by atoms with E-state index in [0.29, 0.717) is 12.1 Å². The highest BCUT2D eigenvalue weighted by Gasteiger charge is 2.26. The van der Waals surface area contributed by atoms with Crippen LogP contribution in [0.25, 0.3) is 0 Å². The molecule has 0 aliphatic carbocycles. The monoisotopic (exact) mass is 251 g/mol. The van der Waals surface area contributed by atoms with Crippen LogP contribution in [0.3, 0.4) is 0 Å². The minimum Gasteiger partial charge on any atom is -0.445 e. The molecule has 1 unspecified atom stereocenters. The van der Waals surface area contributed by atoms with Crippen molar-refractivity contribution in [2.75, 3.05) is 13.2 Å². The topological polar surface area (TPSA) is 46.6 Å². The first-order chi connectivity index (χ1) is 8.56. The molecule has 0 saturated carbocycles. The lowest BCUT2D eigenvalue weighted by atomic mass is 9.99. The summed E-state index contributed by atoms with van der Waals surface area (Å²) in [6.45, 7) is 7.74. The number of nitrogens with zero attached hydrogens (tertiary/aromatic N) is 1. The van der Waals surface area contributed by atoms with E-state index in [2.05, 4.69) is 6.58 Å². The van der Waals surface area contributed by atoms with E-state index in [1.54, 1.807) is 17.9 Å². The number of hydrogen-bond donors (Lipinski definition) is 0. The van der Waals surface area contributed by atoms with Crippen LogP contribution in [0.15, 0.2) is 24.3 Å². The fraction of sp³-hybridized carbons (Fsp3) is 0.571. The SMILES string of the molecule is C=CCOC(=O)N1CCCCC1C=C(C)C(C)=O. The molecule has 0 aromatic heterocycles. The molecule has 1 aliphatic heterocycles. The quantitative estimate of drug-likeness (QED) is 0.570. The number of carbonyl (C=O) groups excluding carboxylic acids is 2. The summed E-state index contributed by atoms with van der Waals surface area (Å²) in [5.74, 6) is 0.0417. The average Bonchev–Trinajstić information content (AvgIpc) is 2.36. The Kier molecular flexibility index (Phi) is 5.62. The minimum absolute atomic E-state index is 0.0278. The Labute approximate surface area is 108 Å². The Bertz CT molecular complexity index is 360. The zero-order chi connectivity index (χ0) is 13.5. The smallest absolute Gasteiger partial charge is 0.410 e. The maximum atomic E-state index is 11.9. The third-order valence-electron chi connectivity index (χ3n) is 3.11. The number of ether oxygens (including phenoxy) is 1. The van der Waals surface area contributed by atoms with Gasteiger partial charge in [0.2, 0.25) is 0 Å². The predicted molar refractivity (Wildman–Crippen MR) is 70.3 cm³/mol. The highest BCUT2D eigenvalue weighted by atomic mass is 16.6. The zero-order valence-electron chi connectivity index (χ0n) is 11.1. The van der Waals surface area contributed by atoms with Gasteiger partial charge in [-0.15, -0.1) is 0 Å². The number of likely N-dealkylation sites (tertiary alicyclic amines) is 1. The molecule has 1 amide bonds. The molecule has 1 fully saturated rings. The number of rotatable bonds is 4. The Balaban J connectivity index is 2.73. The molecule has 0 bridgehead atoms. The Hall–Kier alpha value is -1.58. The van der Waals surface area contributed by atoms with Crippen LogP contribution in [0.1, 0.15) is 33.1 Å². The number of piperidine rings is 1. The fourth-order valence-electron chi connectivity index (χ4n) is 1.98. The molecule has 100 valence electrons. The van der Waals surface area contributed by atoms with Crippen LogP contribution >= 0.6 is 0 Å². The summed E-state index contributed by atoms with van der Waals surface area (Å²) in [4.78, 5) is 24.8. The van der Waals surface area contributed by atoms with Crippen LogP contribution in [-0.4, -0.2) is 36.0 Å². The van der Waals surface area contributed by atoms with Gasteiger partial charge in [0, 0.05) is 6.54 Å². The van der Waals surface area contributed by atoms with E-state index in [9.17, 15) is 9.59 Å². The summed E-state index contributed by atoms with van der Waals surface area (Å²) >= 11 is 0. The van der Waals surface area contributed by atoms with Gasteiger partial charge in [-0.1, -0.05) is 18.7 Å². The van der Waals surface area contributed by atoms with Gasteiger partial charge in [0.15, 0.2) is 5.78 Å². The second kappa shape index (κ2) is 6.99. The molecule has 0 radical (unpaired) electrons. The lowest BCUT2D eigenvalue weighted by Crippen LogP contribution is -2.43. The first-order valence-electron chi connectivity index (χ1n) is 6.30. The van der Waals surface area contributed by atoms with Crippen molar-refractivity contribution in [3.05, 3.63) is 24.3 Å². The van der Waals surface area contributed by atoms with Crippen LogP contribution in [0.5, 0.6) is 0 Å². The number of ketones is 1. The van der Waals surface area contributed by atoms with Crippen LogP contribution in [0.2, 0.25) is 0 Å². The standard InChI is InChI=1S/C14H21NO3/c1-4-9-18-14(17)15-8-6-5-7-13(15)10-11(2)12(3)16/h4,10,13H,1,5-9H2,2-3H3. The Morgan fingerprint density at radius 2 is 2.11 bits per heavy atom. The molecule has 0 N–H and O–H groups in total. The van der Waals surface area contributed by atoms with Crippen molar-refractivity contribution in [2.45, 2.75) is 39.2 Å². The molecule has 0 spiro atoms. The number of hydrogen-bond acceptors (Lipinski definition) is 3. The van der Waals surface area contributed by atoms with E-state index in [-0.39, 0.29) is 24.5 Å². The molecule has 0 aromatic rings. The van der Waals surface area contributed by atoms with Gasteiger partial charge in [0.25, 0.3) is 0 Å². The fourth-order valence-corrected chi connectivity index (χ4v) is 1.98. The predicted octanol–water partition coefficient (Wildman–Crippen LogP) is 2.70. The molecule has 0 aromatic carbocycles. The van der Waals surface area contributed by atoms with Gasteiger partial charge in [-0.25, -0.2) is 4.79 Å². The Morgan fingerprint density at radius 1 is 1.39 bits per heavy atom. The number of Topliss-reactive ketones (excluding diaryl/α,β-unsaturated/α-hetero) is 1. The van der Waals surface area contributed by atoms with Crippen LogP contribution in [0, 0.1) is 0 Å². The van der Waals surface area contributed by atoms with Crippen molar-refractivity contribution in [3.63, 3.8) is 0 Å². The molecule has 1 rings (SSSR count). The van der Waals surface area contributed by atoms with E-state index < -0.39 is 0 Å². The second-order valence-corrected chi connectivity index (χ2v) is 4.53. The summed E-state index contributed by atoms with van der Waals surface area (Å²) in [7, 11) is 0. The van der Waals surface area contributed by atoms with Gasteiger partial charge in [-0.3, -0.25) is 4.79 Å². The summed E-state index contributed by atoms with van der Waals surface area (Å²) in [5.41, 5.74) is 0.698. The zero-order valence-corrected chi connectivity index (χ0v) is 11.1. The van der Waals surface area contributed by atoms with Crippen LogP contribution < -0.4 is 0 Å². The molecule has 1 saturated heterocycles. The number of allylic oxidation sites excluding steroid dienone is 1. The van der Waals surface area contributed by atoms with Crippen molar-refractivity contribution in [2.24, 2.45) is 0 Å². The van der Waals surface area contributed by atoms with Gasteiger partial charge in [-0.05, 0) is 38.7 Å². The lowest BCUT2D eigenvalue weighted by molar-refractivity contribution is -0.113. The van der Waals surface area contributed by atoms with Crippen molar-refractivity contribution in [3.8, 4) is 0 Å². The molecule has 4 nitrogen and oxygen atoms in total. The molecule has 4 heteroatoms. The highest BCUT2D eigenvalue weighted by Crippen LogP contribution is 2.20. The van der Waals surface area contributed by atoms with E-state index in [4.69, 9.17) is 4.74 Å². The van der Waals surface area contributed by atoms with E-state index >= 15 is 0 Å². The summed E-state index contributed by atoms with van der Waals surface area (Å²) < 4.78 is 5.06. The highest BCUT2D eigenvalue weighted by molar-refractivity contribution is 5.92. The lowest BCUT2D eigenvalue weighted by Gasteiger charge is -2.33. The average molecular weight is 251 g/mol. The first-order valence-corrected chi connectivity index (χ1v) is 6.30. The van der Waals surface area contributed by atoms with E-state index in [1.165, 1.54) is 6.92 Å². The van der Waals surface area contributed by atoms with Crippen molar-refractivity contribution in [1.82, 2.24) is 4.90 Å². The van der Waals surface area contributed by atoms with Gasteiger partial charge in [-0.2, -0.15) is 0 Å². The summed E-state index contributed by atoms with van der Waals surface area (Å²) in [5, 5.41) is 0. The largest absolute Gasteiger partial charge is 0.445 e. The van der Waals surface area contributed by atoms with Gasteiger partial charge in [0.05, 0.1) is 6.04 Å². The first kappa shape index (κ1) is 14.5. The van der Waals surface area contributed by atoms with Crippen molar-refractivity contribution in [1.29, 1.82) is 0 Å². The summed E-state index contributed by atoms with van der Waals surface area (Å²) in [6.07, 6.45) is 6.02. The van der Waals surface area contributed by atoms with Crippen molar-refractivity contribution >= 4 is 11.9 Å². The van der Waals surface area contributed by atoms with Gasteiger partial charge in [0.1, 0.15) is 6.61 Å².